The van der Waals surface area contributed by atoms with E-state index in [1.807, 2.05) is 4.72 Å². The van der Waals surface area contributed by atoms with Gasteiger partial charge < -0.3 is 4.74 Å². The zero-order valence-corrected chi connectivity index (χ0v) is 15.9. The van der Waals surface area contributed by atoms with Crippen molar-refractivity contribution in [3.05, 3.63) is 29.1 Å². The Morgan fingerprint density at radius 3 is 2.44 bits per heavy atom. The summed E-state index contributed by atoms with van der Waals surface area (Å²) in [7, 11) is -3.70. The van der Waals surface area contributed by atoms with Gasteiger partial charge in [0, 0.05) is 6.07 Å². The first-order valence-electron chi connectivity index (χ1n) is 9.93. The molecule has 4 aliphatic carbocycles. The molecule has 0 heterocycles. The fraction of sp³-hybridized carbons (Fsp3) is 0.650. The van der Waals surface area contributed by atoms with Crippen molar-refractivity contribution in [1.29, 1.82) is 0 Å². The molecule has 27 heavy (non-hydrogen) atoms. The molecule has 0 bridgehead atoms. The minimum Gasteiger partial charge on any atom is -0.493 e. The number of amides is 1. The zero-order chi connectivity index (χ0) is 18.8. The van der Waals surface area contributed by atoms with Crippen molar-refractivity contribution in [3.8, 4) is 5.75 Å². The molecule has 1 N–H and O–H groups in total. The van der Waals surface area contributed by atoms with Gasteiger partial charge in [0.25, 0.3) is 5.91 Å². The predicted molar refractivity (Wildman–Crippen MR) is 97.6 cm³/mol. The minimum absolute atomic E-state index is 0.212. The molecule has 0 spiro atoms. The lowest BCUT2D eigenvalue weighted by Crippen LogP contribution is -2.33. The molecule has 2 unspecified atom stereocenters. The van der Waals surface area contributed by atoms with Crippen molar-refractivity contribution >= 4 is 15.9 Å². The molecule has 0 aromatic heterocycles. The lowest BCUT2D eigenvalue weighted by Gasteiger charge is -2.17. The molecule has 5 rings (SSSR count). The van der Waals surface area contributed by atoms with Crippen LogP contribution in [0.5, 0.6) is 5.75 Å². The number of halogens is 1. The van der Waals surface area contributed by atoms with Crippen molar-refractivity contribution < 1.29 is 22.3 Å². The van der Waals surface area contributed by atoms with Gasteiger partial charge in [-0.2, -0.15) is 0 Å². The van der Waals surface area contributed by atoms with Gasteiger partial charge in [0.05, 0.1) is 17.4 Å². The number of carbonyl (C=O) groups excluding carboxylic acids is 1. The smallest absolute Gasteiger partial charge is 0.267 e. The maximum atomic E-state index is 14.6. The van der Waals surface area contributed by atoms with Gasteiger partial charge in [0.15, 0.2) is 0 Å². The van der Waals surface area contributed by atoms with Crippen LogP contribution in [0.4, 0.5) is 4.39 Å². The highest BCUT2D eigenvalue weighted by Gasteiger charge is 2.46. The second-order valence-corrected chi connectivity index (χ2v) is 10.7. The molecular weight excluding hydrogens is 369 g/mol. The van der Waals surface area contributed by atoms with E-state index in [9.17, 15) is 17.6 Å². The molecule has 4 saturated carbocycles. The van der Waals surface area contributed by atoms with Crippen molar-refractivity contribution in [1.82, 2.24) is 4.72 Å². The third-order valence-corrected chi connectivity index (χ3v) is 8.19. The molecule has 1 aromatic rings. The van der Waals surface area contributed by atoms with E-state index in [0.717, 1.165) is 30.2 Å². The first-order chi connectivity index (χ1) is 12.9. The Morgan fingerprint density at radius 1 is 1.11 bits per heavy atom. The Kier molecular flexibility index (Phi) is 4.00. The van der Waals surface area contributed by atoms with E-state index >= 15 is 0 Å². The normalized spacial score (nSPS) is 29.3. The predicted octanol–water partition coefficient (Wildman–Crippen LogP) is 3.35. The Labute approximate surface area is 158 Å². The van der Waals surface area contributed by atoms with Crippen LogP contribution in [0.15, 0.2) is 12.1 Å². The van der Waals surface area contributed by atoms with Crippen molar-refractivity contribution in [2.24, 2.45) is 17.8 Å². The Bertz CT molecular complexity index is 881. The standard InChI is InChI=1S/C20H24FNO4S/c21-18-9-19(26-10-11-5-13-7-14(13)6-11)16(12-1-2-12)8-17(18)20(23)22-27(24,25)15-3-4-15/h8-9,11-15H,1-7,10H2,(H,22,23). The molecule has 1 amide bonds. The SMILES string of the molecule is O=C(NS(=O)(=O)C1CC1)c1cc(C2CC2)c(OCC2CC3CC3C2)cc1F. The summed E-state index contributed by atoms with van der Waals surface area (Å²) in [5, 5.41) is -0.521. The maximum absolute atomic E-state index is 14.6. The van der Waals surface area contributed by atoms with Crippen LogP contribution in [0, 0.1) is 23.6 Å². The summed E-state index contributed by atoms with van der Waals surface area (Å²) in [6.07, 6.45) is 6.82. The zero-order valence-electron chi connectivity index (χ0n) is 15.1. The Morgan fingerprint density at radius 2 is 1.81 bits per heavy atom. The summed E-state index contributed by atoms with van der Waals surface area (Å²) in [4.78, 5) is 12.4. The molecule has 0 aliphatic heterocycles. The summed E-state index contributed by atoms with van der Waals surface area (Å²) in [6, 6.07) is 2.76. The van der Waals surface area contributed by atoms with Crippen LogP contribution in [0.2, 0.25) is 0 Å². The van der Waals surface area contributed by atoms with E-state index < -0.39 is 27.0 Å². The number of ether oxygens (including phenoxy) is 1. The topological polar surface area (TPSA) is 72.5 Å². The molecule has 146 valence electrons. The summed E-state index contributed by atoms with van der Waals surface area (Å²) in [6.45, 7) is 0.591. The number of hydrogen-bond donors (Lipinski definition) is 1. The molecule has 7 heteroatoms. The van der Waals surface area contributed by atoms with Gasteiger partial charge >= 0.3 is 0 Å². The molecule has 4 aliphatic rings. The average Bonchev–Trinajstić information content (AvgIpc) is 3.49. The number of sulfonamides is 1. The van der Waals surface area contributed by atoms with Gasteiger partial charge in [-0.05, 0) is 80.2 Å². The maximum Gasteiger partial charge on any atom is 0.267 e. The van der Waals surface area contributed by atoms with Crippen LogP contribution in [-0.4, -0.2) is 26.2 Å². The number of rotatable bonds is 7. The van der Waals surface area contributed by atoms with Gasteiger partial charge in [0.1, 0.15) is 11.6 Å². The fourth-order valence-corrected chi connectivity index (χ4v) is 5.71. The summed E-state index contributed by atoms with van der Waals surface area (Å²) < 4.78 is 46.5. The first kappa shape index (κ1) is 17.5. The summed E-state index contributed by atoms with van der Waals surface area (Å²) in [5.41, 5.74) is 0.615. The van der Waals surface area contributed by atoms with Crippen LogP contribution in [0.1, 0.15) is 66.8 Å². The van der Waals surface area contributed by atoms with Gasteiger partial charge in [0.2, 0.25) is 10.0 Å². The van der Waals surface area contributed by atoms with Crippen molar-refractivity contribution in [2.45, 2.75) is 56.1 Å². The quantitative estimate of drug-likeness (QED) is 0.771. The van der Waals surface area contributed by atoms with Crippen LogP contribution in [0.25, 0.3) is 0 Å². The van der Waals surface area contributed by atoms with Gasteiger partial charge in [-0.25, -0.2) is 17.5 Å². The number of fused-ring (bicyclic) bond motifs is 1. The molecule has 2 atom stereocenters. The van der Waals surface area contributed by atoms with Crippen LogP contribution >= 0.6 is 0 Å². The van der Waals surface area contributed by atoms with E-state index in [2.05, 4.69) is 0 Å². The molecule has 0 radical (unpaired) electrons. The number of nitrogens with one attached hydrogen (secondary N) is 1. The molecule has 5 nitrogen and oxygen atoms in total. The molecular formula is C20H24FNO4S. The Hall–Kier alpha value is -1.63. The highest BCUT2D eigenvalue weighted by atomic mass is 32.2. The third-order valence-electron chi connectivity index (χ3n) is 6.38. The van der Waals surface area contributed by atoms with E-state index in [0.29, 0.717) is 31.1 Å². The molecule has 1 aromatic carbocycles. The molecule has 0 saturated heterocycles. The number of carbonyl (C=O) groups is 1. The van der Waals surface area contributed by atoms with E-state index in [1.165, 1.54) is 31.4 Å². The van der Waals surface area contributed by atoms with E-state index in [1.54, 1.807) is 0 Å². The average molecular weight is 393 g/mol. The fourth-order valence-electron chi connectivity index (χ4n) is 4.41. The van der Waals surface area contributed by atoms with Gasteiger partial charge in [-0.3, -0.25) is 4.79 Å². The third kappa shape index (κ3) is 3.58. The highest BCUT2D eigenvalue weighted by molar-refractivity contribution is 7.91. The van der Waals surface area contributed by atoms with Gasteiger partial charge in [-0.15, -0.1) is 0 Å². The van der Waals surface area contributed by atoms with Crippen LogP contribution in [-0.2, 0) is 10.0 Å². The number of benzene rings is 1. The van der Waals surface area contributed by atoms with Crippen molar-refractivity contribution in [3.63, 3.8) is 0 Å². The first-order valence-corrected chi connectivity index (χ1v) is 11.5. The minimum atomic E-state index is -3.70. The second kappa shape index (κ2) is 6.19. The second-order valence-electron chi connectivity index (χ2n) is 8.72. The van der Waals surface area contributed by atoms with E-state index in [4.69, 9.17) is 4.74 Å². The largest absolute Gasteiger partial charge is 0.493 e. The van der Waals surface area contributed by atoms with Gasteiger partial charge in [-0.1, -0.05) is 0 Å². The summed E-state index contributed by atoms with van der Waals surface area (Å²) in [5.74, 6) is 1.45. The highest BCUT2D eigenvalue weighted by Crippen LogP contribution is 2.54. The van der Waals surface area contributed by atoms with E-state index in [-0.39, 0.29) is 11.5 Å². The summed E-state index contributed by atoms with van der Waals surface area (Å²) >= 11 is 0. The molecule has 4 fully saturated rings. The van der Waals surface area contributed by atoms with Crippen LogP contribution < -0.4 is 9.46 Å². The monoisotopic (exact) mass is 393 g/mol. The van der Waals surface area contributed by atoms with Crippen LogP contribution in [0.3, 0.4) is 0 Å². The van der Waals surface area contributed by atoms with Crippen molar-refractivity contribution in [2.75, 3.05) is 6.61 Å². The lowest BCUT2D eigenvalue weighted by molar-refractivity contribution is 0.0977. The number of hydrogen-bond acceptors (Lipinski definition) is 4. The lowest BCUT2D eigenvalue weighted by atomic mass is 10.0. The Balaban J connectivity index is 1.33.